The van der Waals surface area contributed by atoms with Gasteiger partial charge in [0.05, 0.1) is 6.42 Å². The van der Waals surface area contributed by atoms with E-state index in [1.165, 1.54) is 17.5 Å². The molecular formula is C21H22N2O2. The average molecular weight is 334 g/mol. The van der Waals surface area contributed by atoms with Gasteiger partial charge in [-0.3, -0.25) is 9.59 Å². The van der Waals surface area contributed by atoms with Crippen LogP contribution in [0, 0.1) is 0 Å². The van der Waals surface area contributed by atoms with Crippen LogP contribution in [0.25, 0.3) is 0 Å². The van der Waals surface area contributed by atoms with Crippen LogP contribution < -0.4 is 5.32 Å². The minimum Gasteiger partial charge on any atom is -0.341 e. The summed E-state index contributed by atoms with van der Waals surface area (Å²) in [5.74, 6) is 0.0365. The molecule has 2 aromatic rings. The van der Waals surface area contributed by atoms with E-state index < -0.39 is 0 Å². The largest absolute Gasteiger partial charge is 0.341 e. The third-order valence-electron chi connectivity index (χ3n) is 5.21. The zero-order valence-electron chi connectivity index (χ0n) is 14.5. The Hall–Kier alpha value is -2.62. The van der Waals surface area contributed by atoms with Crippen LogP contribution in [0.2, 0.25) is 0 Å². The molecule has 1 heterocycles. The summed E-state index contributed by atoms with van der Waals surface area (Å²) in [6, 6.07) is 12.0. The van der Waals surface area contributed by atoms with E-state index in [1.807, 2.05) is 25.2 Å². The standard InChI is InChI=1S/C21H22N2O2/c1-23-10-9-17-13-18(7-8-19(17)21(23)25)22-20(24)12-14-5-6-15-3-2-4-16(15)11-14/h5-8,11,13H,2-4,9-10,12H2,1H3,(H,22,24). The number of benzene rings is 2. The molecule has 2 amide bonds. The summed E-state index contributed by atoms with van der Waals surface area (Å²) in [5, 5.41) is 2.97. The number of nitrogens with zero attached hydrogens (tertiary/aromatic N) is 1. The summed E-state index contributed by atoms with van der Waals surface area (Å²) in [6.45, 7) is 0.721. The number of anilines is 1. The molecule has 4 rings (SSSR count). The minimum atomic E-state index is -0.0165. The Morgan fingerprint density at radius 1 is 1.04 bits per heavy atom. The second-order valence-corrected chi connectivity index (χ2v) is 7.03. The first kappa shape index (κ1) is 15.9. The molecule has 0 spiro atoms. The smallest absolute Gasteiger partial charge is 0.253 e. The van der Waals surface area contributed by atoms with Crippen LogP contribution >= 0.6 is 0 Å². The average Bonchev–Trinajstić information content (AvgIpc) is 3.06. The Labute approximate surface area is 147 Å². The van der Waals surface area contributed by atoms with Crippen LogP contribution in [0.3, 0.4) is 0 Å². The van der Waals surface area contributed by atoms with Crippen LogP contribution in [0.1, 0.15) is 39.0 Å². The first-order chi connectivity index (χ1) is 12.1. The summed E-state index contributed by atoms with van der Waals surface area (Å²) in [5.41, 5.74) is 6.40. The highest BCUT2D eigenvalue weighted by Gasteiger charge is 2.21. The third kappa shape index (κ3) is 3.16. The van der Waals surface area contributed by atoms with E-state index in [-0.39, 0.29) is 11.8 Å². The number of aryl methyl sites for hydroxylation is 2. The molecule has 0 fully saturated rings. The van der Waals surface area contributed by atoms with Crippen molar-refractivity contribution in [1.29, 1.82) is 0 Å². The van der Waals surface area contributed by atoms with Gasteiger partial charge < -0.3 is 10.2 Å². The predicted molar refractivity (Wildman–Crippen MR) is 97.9 cm³/mol. The van der Waals surface area contributed by atoms with Crippen molar-refractivity contribution in [2.45, 2.75) is 32.1 Å². The van der Waals surface area contributed by atoms with E-state index in [0.717, 1.165) is 48.2 Å². The lowest BCUT2D eigenvalue weighted by molar-refractivity contribution is -0.115. The van der Waals surface area contributed by atoms with Gasteiger partial charge in [0.25, 0.3) is 5.91 Å². The van der Waals surface area contributed by atoms with Gasteiger partial charge in [-0.2, -0.15) is 0 Å². The second kappa shape index (κ2) is 6.36. The molecule has 0 aromatic heterocycles. The van der Waals surface area contributed by atoms with Gasteiger partial charge in [-0.1, -0.05) is 18.2 Å². The highest BCUT2D eigenvalue weighted by Crippen LogP contribution is 2.24. The molecule has 1 N–H and O–H groups in total. The maximum absolute atomic E-state index is 12.4. The molecule has 0 atom stereocenters. The predicted octanol–water partition coefficient (Wildman–Crippen LogP) is 2.98. The SMILES string of the molecule is CN1CCc2cc(NC(=O)Cc3ccc4c(c3)CCC4)ccc2C1=O. The Balaban J connectivity index is 1.45. The molecule has 1 aliphatic heterocycles. The summed E-state index contributed by atoms with van der Waals surface area (Å²) in [6.07, 6.45) is 4.70. The van der Waals surface area contributed by atoms with Crippen molar-refractivity contribution in [2.24, 2.45) is 0 Å². The lowest BCUT2D eigenvalue weighted by atomic mass is 9.98. The van der Waals surface area contributed by atoms with Gasteiger partial charge >= 0.3 is 0 Å². The topological polar surface area (TPSA) is 49.4 Å². The third-order valence-corrected chi connectivity index (χ3v) is 5.21. The van der Waals surface area contributed by atoms with Gasteiger partial charge in [0.2, 0.25) is 5.91 Å². The first-order valence-corrected chi connectivity index (χ1v) is 8.89. The number of rotatable bonds is 3. The fraction of sp³-hybridized carbons (Fsp3) is 0.333. The molecule has 2 aliphatic rings. The van der Waals surface area contributed by atoms with Gasteiger partial charge in [0.1, 0.15) is 0 Å². The molecular weight excluding hydrogens is 312 g/mol. The van der Waals surface area contributed by atoms with E-state index in [2.05, 4.69) is 23.5 Å². The van der Waals surface area contributed by atoms with Crippen molar-refractivity contribution in [3.05, 3.63) is 64.2 Å². The molecule has 2 aromatic carbocycles. The van der Waals surface area contributed by atoms with Gasteiger partial charge in [0.15, 0.2) is 0 Å². The first-order valence-electron chi connectivity index (χ1n) is 8.89. The van der Waals surface area contributed by atoms with E-state index in [0.29, 0.717) is 6.42 Å². The van der Waals surface area contributed by atoms with Crippen LogP contribution in [-0.4, -0.2) is 30.3 Å². The van der Waals surface area contributed by atoms with Crippen molar-refractivity contribution in [1.82, 2.24) is 4.90 Å². The number of fused-ring (bicyclic) bond motifs is 2. The molecule has 0 unspecified atom stereocenters. The molecule has 4 nitrogen and oxygen atoms in total. The summed E-state index contributed by atoms with van der Waals surface area (Å²) < 4.78 is 0. The van der Waals surface area contributed by atoms with Crippen molar-refractivity contribution >= 4 is 17.5 Å². The normalized spacial score (nSPS) is 15.7. The van der Waals surface area contributed by atoms with Crippen LogP contribution in [0.4, 0.5) is 5.69 Å². The quantitative estimate of drug-likeness (QED) is 0.938. The molecule has 1 aliphatic carbocycles. The lowest BCUT2D eigenvalue weighted by Crippen LogP contribution is -2.34. The Morgan fingerprint density at radius 2 is 1.88 bits per heavy atom. The Morgan fingerprint density at radius 3 is 2.76 bits per heavy atom. The zero-order chi connectivity index (χ0) is 17.4. The Bertz CT molecular complexity index is 857. The van der Waals surface area contributed by atoms with Crippen LogP contribution in [-0.2, 0) is 30.5 Å². The fourth-order valence-electron chi connectivity index (χ4n) is 3.81. The monoisotopic (exact) mass is 334 g/mol. The number of hydrogen-bond acceptors (Lipinski definition) is 2. The van der Waals surface area contributed by atoms with Gasteiger partial charge in [-0.15, -0.1) is 0 Å². The van der Waals surface area contributed by atoms with Gasteiger partial charge in [0, 0.05) is 24.8 Å². The molecule has 0 saturated carbocycles. The summed E-state index contributed by atoms with van der Waals surface area (Å²) >= 11 is 0. The van der Waals surface area contributed by atoms with Crippen molar-refractivity contribution < 1.29 is 9.59 Å². The highest BCUT2D eigenvalue weighted by atomic mass is 16.2. The molecule has 0 saturated heterocycles. The molecule has 0 radical (unpaired) electrons. The van der Waals surface area contributed by atoms with Crippen LogP contribution in [0.15, 0.2) is 36.4 Å². The van der Waals surface area contributed by atoms with Crippen molar-refractivity contribution in [3.63, 3.8) is 0 Å². The number of carbonyl (C=O) groups excluding carboxylic acids is 2. The molecule has 4 heteroatoms. The number of carbonyl (C=O) groups is 2. The minimum absolute atomic E-state index is 0.0165. The maximum Gasteiger partial charge on any atom is 0.253 e. The number of amides is 2. The zero-order valence-corrected chi connectivity index (χ0v) is 14.5. The molecule has 25 heavy (non-hydrogen) atoms. The second-order valence-electron chi connectivity index (χ2n) is 7.03. The van der Waals surface area contributed by atoms with E-state index in [4.69, 9.17) is 0 Å². The Kier molecular flexibility index (Phi) is 4.04. The number of hydrogen-bond donors (Lipinski definition) is 1. The van der Waals surface area contributed by atoms with E-state index in [1.54, 1.807) is 4.90 Å². The molecule has 0 bridgehead atoms. The highest BCUT2D eigenvalue weighted by molar-refractivity contribution is 5.98. The lowest BCUT2D eigenvalue weighted by Gasteiger charge is -2.25. The summed E-state index contributed by atoms with van der Waals surface area (Å²) in [4.78, 5) is 26.2. The summed E-state index contributed by atoms with van der Waals surface area (Å²) in [7, 11) is 1.82. The van der Waals surface area contributed by atoms with Crippen molar-refractivity contribution in [2.75, 3.05) is 18.9 Å². The molecule has 128 valence electrons. The van der Waals surface area contributed by atoms with Crippen molar-refractivity contribution in [3.8, 4) is 0 Å². The maximum atomic E-state index is 12.4. The van der Waals surface area contributed by atoms with Crippen LogP contribution in [0.5, 0.6) is 0 Å². The fourth-order valence-corrected chi connectivity index (χ4v) is 3.81. The van der Waals surface area contributed by atoms with E-state index >= 15 is 0 Å². The van der Waals surface area contributed by atoms with Gasteiger partial charge in [-0.05, 0) is 66.1 Å². The van der Waals surface area contributed by atoms with E-state index in [9.17, 15) is 9.59 Å². The number of nitrogens with one attached hydrogen (secondary N) is 1. The number of likely N-dealkylation sites (N-methyl/N-ethyl adjacent to an activating group) is 1. The van der Waals surface area contributed by atoms with Gasteiger partial charge in [-0.25, -0.2) is 0 Å².